The summed E-state index contributed by atoms with van der Waals surface area (Å²) in [5.41, 5.74) is 0. The first kappa shape index (κ1) is 9.01. The Morgan fingerprint density at radius 3 is 2.82 bits per heavy atom. The van der Waals surface area contributed by atoms with Crippen molar-refractivity contribution in [3.05, 3.63) is 0 Å². The van der Waals surface area contributed by atoms with Crippen LogP contribution in [-0.4, -0.2) is 38.6 Å². The highest BCUT2D eigenvalue weighted by Gasteiger charge is 2.22. The van der Waals surface area contributed by atoms with E-state index >= 15 is 0 Å². The Morgan fingerprint density at radius 2 is 2.27 bits per heavy atom. The monoisotopic (exact) mass is 156 g/mol. The van der Waals surface area contributed by atoms with E-state index in [1.807, 2.05) is 7.05 Å². The summed E-state index contributed by atoms with van der Waals surface area (Å²) in [5.74, 6) is 1.76. The Bertz CT molecular complexity index is 114. The lowest BCUT2D eigenvalue weighted by Crippen LogP contribution is -2.40. The normalized spacial score (nSPS) is 34.1. The number of likely N-dealkylation sites (tertiary alicyclic amines) is 1. The van der Waals surface area contributed by atoms with E-state index in [1.165, 1.54) is 26.1 Å². The Kier molecular flexibility index (Phi) is 3.34. The van der Waals surface area contributed by atoms with Crippen molar-refractivity contribution >= 4 is 0 Å². The molecule has 0 aromatic heterocycles. The highest BCUT2D eigenvalue weighted by molar-refractivity contribution is 4.76. The third kappa shape index (κ3) is 2.46. The summed E-state index contributed by atoms with van der Waals surface area (Å²) in [7, 11) is 4.26. The molecular weight excluding hydrogens is 136 g/mol. The number of nitrogens with zero attached hydrogens (tertiary/aromatic N) is 1. The average molecular weight is 156 g/mol. The molecule has 1 saturated heterocycles. The summed E-state index contributed by atoms with van der Waals surface area (Å²) in [5, 5.41) is 3.26. The molecule has 2 heteroatoms. The topological polar surface area (TPSA) is 15.3 Å². The van der Waals surface area contributed by atoms with Gasteiger partial charge in [-0.3, -0.25) is 0 Å². The van der Waals surface area contributed by atoms with Crippen LogP contribution in [-0.2, 0) is 0 Å². The number of piperidine rings is 1. The second kappa shape index (κ2) is 4.07. The molecule has 1 fully saturated rings. The van der Waals surface area contributed by atoms with Crippen LogP contribution in [0.3, 0.4) is 0 Å². The minimum atomic E-state index is 0.862. The molecular formula is C9H20N2. The fraction of sp³-hybridized carbons (Fsp3) is 1.00. The van der Waals surface area contributed by atoms with E-state index in [9.17, 15) is 0 Å². The number of nitrogens with one attached hydrogen (secondary N) is 1. The summed E-state index contributed by atoms with van der Waals surface area (Å²) in [6.07, 6.45) is 1.36. The quantitative estimate of drug-likeness (QED) is 0.636. The minimum absolute atomic E-state index is 0.862. The smallest absolute Gasteiger partial charge is 0.000710 e. The highest BCUT2D eigenvalue weighted by Crippen LogP contribution is 2.21. The van der Waals surface area contributed by atoms with E-state index in [0.29, 0.717) is 0 Å². The fourth-order valence-corrected chi connectivity index (χ4v) is 1.97. The van der Waals surface area contributed by atoms with Gasteiger partial charge in [0.2, 0.25) is 0 Å². The van der Waals surface area contributed by atoms with Crippen LogP contribution in [0.1, 0.15) is 13.3 Å². The first-order valence-corrected chi connectivity index (χ1v) is 4.57. The second-order valence-corrected chi connectivity index (χ2v) is 3.85. The molecule has 0 bridgehead atoms. The van der Waals surface area contributed by atoms with Crippen LogP contribution in [0.2, 0.25) is 0 Å². The lowest BCUT2D eigenvalue weighted by Gasteiger charge is -2.34. The maximum absolute atomic E-state index is 3.26. The predicted octanol–water partition coefficient (Wildman–Crippen LogP) is 0.794. The first-order chi connectivity index (χ1) is 5.24. The third-order valence-corrected chi connectivity index (χ3v) is 2.75. The van der Waals surface area contributed by atoms with Gasteiger partial charge in [0.05, 0.1) is 0 Å². The molecule has 66 valence electrons. The molecule has 0 radical (unpaired) electrons. The molecule has 0 saturated carbocycles. The van der Waals surface area contributed by atoms with E-state index in [4.69, 9.17) is 0 Å². The van der Waals surface area contributed by atoms with Crippen molar-refractivity contribution in [2.45, 2.75) is 13.3 Å². The Balaban J connectivity index is 2.31. The summed E-state index contributed by atoms with van der Waals surface area (Å²) in [6, 6.07) is 0. The van der Waals surface area contributed by atoms with Crippen molar-refractivity contribution < 1.29 is 0 Å². The molecule has 1 rings (SSSR count). The van der Waals surface area contributed by atoms with Gasteiger partial charge in [-0.25, -0.2) is 0 Å². The molecule has 0 spiro atoms. The predicted molar refractivity (Wildman–Crippen MR) is 48.7 cm³/mol. The summed E-state index contributed by atoms with van der Waals surface area (Å²) in [6.45, 7) is 6.09. The van der Waals surface area contributed by atoms with Crippen LogP contribution in [0, 0.1) is 11.8 Å². The van der Waals surface area contributed by atoms with E-state index in [-0.39, 0.29) is 0 Å². The van der Waals surface area contributed by atoms with E-state index in [2.05, 4.69) is 24.2 Å². The zero-order valence-electron chi connectivity index (χ0n) is 7.93. The van der Waals surface area contributed by atoms with Gasteiger partial charge in [0.1, 0.15) is 0 Å². The van der Waals surface area contributed by atoms with Gasteiger partial charge >= 0.3 is 0 Å². The Hall–Kier alpha value is -0.0800. The van der Waals surface area contributed by atoms with Crippen LogP contribution in [0.25, 0.3) is 0 Å². The molecule has 0 aromatic carbocycles. The molecule has 1 aliphatic rings. The Morgan fingerprint density at radius 1 is 1.55 bits per heavy atom. The lowest BCUT2D eigenvalue weighted by molar-refractivity contribution is 0.154. The standard InChI is InChI=1S/C9H20N2/c1-8-7-11(3)5-4-9(8)6-10-2/h8-10H,4-7H2,1-3H3. The molecule has 1 heterocycles. The molecule has 0 aromatic rings. The summed E-state index contributed by atoms with van der Waals surface area (Å²) in [4.78, 5) is 2.43. The molecule has 1 N–H and O–H groups in total. The number of rotatable bonds is 2. The zero-order valence-corrected chi connectivity index (χ0v) is 7.93. The molecule has 11 heavy (non-hydrogen) atoms. The maximum Gasteiger partial charge on any atom is 0.000710 e. The molecule has 0 aliphatic carbocycles. The van der Waals surface area contributed by atoms with Crippen LogP contribution in [0.4, 0.5) is 0 Å². The van der Waals surface area contributed by atoms with Gasteiger partial charge in [0.15, 0.2) is 0 Å². The van der Waals surface area contributed by atoms with Gasteiger partial charge in [-0.05, 0) is 45.4 Å². The van der Waals surface area contributed by atoms with E-state index in [1.54, 1.807) is 0 Å². The molecule has 1 aliphatic heterocycles. The molecule has 0 amide bonds. The molecule has 2 nitrogen and oxygen atoms in total. The summed E-state index contributed by atoms with van der Waals surface area (Å²) >= 11 is 0. The van der Waals surface area contributed by atoms with Gasteiger partial charge in [-0.2, -0.15) is 0 Å². The van der Waals surface area contributed by atoms with Gasteiger partial charge in [0, 0.05) is 6.54 Å². The molecule has 2 atom stereocenters. The van der Waals surface area contributed by atoms with Gasteiger partial charge in [-0.1, -0.05) is 6.92 Å². The molecule has 2 unspecified atom stereocenters. The maximum atomic E-state index is 3.26. The van der Waals surface area contributed by atoms with Crippen LogP contribution >= 0.6 is 0 Å². The largest absolute Gasteiger partial charge is 0.319 e. The average Bonchev–Trinajstić information content (AvgIpc) is 1.95. The Labute approximate surface area is 70.0 Å². The van der Waals surface area contributed by atoms with Crippen LogP contribution in [0.5, 0.6) is 0 Å². The van der Waals surface area contributed by atoms with Crippen molar-refractivity contribution in [3.8, 4) is 0 Å². The number of hydrogen-bond acceptors (Lipinski definition) is 2. The van der Waals surface area contributed by atoms with Crippen molar-refractivity contribution in [1.29, 1.82) is 0 Å². The zero-order chi connectivity index (χ0) is 8.27. The highest BCUT2D eigenvalue weighted by atomic mass is 15.1. The van der Waals surface area contributed by atoms with Crippen molar-refractivity contribution in [2.24, 2.45) is 11.8 Å². The summed E-state index contributed by atoms with van der Waals surface area (Å²) < 4.78 is 0. The lowest BCUT2D eigenvalue weighted by atomic mass is 9.87. The van der Waals surface area contributed by atoms with E-state index < -0.39 is 0 Å². The second-order valence-electron chi connectivity index (χ2n) is 3.85. The SMILES string of the molecule is CNCC1CCN(C)CC1C. The van der Waals surface area contributed by atoms with Gasteiger partial charge < -0.3 is 10.2 Å². The number of hydrogen-bond donors (Lipinski definition) is 1. The van der Waals surface area contributed by atoms with Gasteiger partial charge in [-0.15, -0.1) is 0 Å². The first-order valence-electron chi connectivity index (χ1n) is 4.57. The van der Waals surface area contributed by atoms with Crippen LogP contribution in [0.15, 0.2) is 0 Å². The van der Waals surface area contributed by atoms with E-state index in [0.717, 1.165) is 11.8 Å². The van der Waals surface area contributed by atoms with Crippen LogP contribution < -0.4 is 5.32 Å². The third-order valence-electron chi connectivity index (χ3n) is 2.75. The van der Waals surface area contributed by atoms with Crippen molar-refractivity contribution in [2.75, 3.05) is 33.7 Å². The van der Waals surface area contributed by atoms with Crippen molar-refractivity contribution in [1.82, 2.24) is 10.2 Å². The fourth-order valence-electron chi connectivity index (χ4n) is 1.97. The van der Waals surface area contributed by atoms with Crippen molar-refractivity contribution in [3.63, 3.8) is 0 Å². The van der Waals surface area contributed by atoms with Gasteiger partial charge in [0.25, 0.3) is 0 Å². The minimum Gasteiger partial charge on any atom is -0.319 e.